The molecule has 218 valence electrons. The van der Waals surface area contributed by atoms with Gasteiger partial charge in [-0.1, -0.05) is 24.3 Å². The summed E-state index contributed by atoms with van der Waals surface area (Å²) in [5, 5.41) is 18.8. The van der Waals surface area contributed by atoms with Crippen molar-refractivity contribution in [2.45, 2.75) is 0 Å². The van der Waals surface area contributed by atoms with Gasteiger partial charge in [0.05, 0.1) is 0 Å². The number of rotatable bonds is 4. The summed E-state index contributed by atoms with van der Waals surface area (Å²) < 4.78 is 131. The number of hydrogen-bond donors (Lipinski definition) is 2. The molecular formula is C26H12F10N2NiO2. The molecule has 0 fully saturated rings. The average molecular weight is 633 g/mol. The second-order valence-corrected chi connectivity index (χ2v) is 7.47. The van der Waals surface area contributed by atoms with Crippen LogP contribution in [0.4, 0.5) is 55.3 Å². The van der Waals surface area contributed by atoms with E-state index in [2.05, 4.69) is 9.98 Å². The zero-order valence-electron chi connectivity index (χ0n) is 19.7. The predicted octanol–water partition coefficient (Wildman–Crippen LogP) is 7.67. The molecule has 4 rings (SSSR count). The molecule has 0 aliphatic heterocycles. The number of aromatic hydroxyl groups is 2. The van der Waals surface area contributed by atoms with Crippen LogP contribution in [0, 0.1) is 58.2 Å². The van der Waals surface area contributed by atoms with Crippen molar-refractivity contribution in [3.8, 4) is 11.5 Å². The zero-order chi connectivity index (χ0) is 29.7. The molecule has 41 heavy (non-hydrogen) atoms. The van der Waals surface area contributed by atoms with Crippen molar-refractivity contribution in [2.75, 3.05) is 0 Å². The Balaban J connectivity index is 0.000000280. The van der Waals surface area contributed by atoms with E-state index in [4.69, 9.17) is 0 Å². The summed E-state index contributed by atoms with van der Waals surface area (Å²) in [5.41, 5.74) is -2.50. The van der Waals surface area contributed by atoms with Gasteiger partial charge in [0.25, 0.3) is 0 Å². The molecule has 0 spiro atoms. The van der Waals surface area contributed by atoms with E-state index in [0.29, 0.717) is 0 Å². The first-order chi connectivity index (χ1) is 18.9. The van der Waals surface area contributed by atoms with E-state index in [1.165, 1.54) is 48.5 Å². The smallest absolute Gasteiger partial charge is 0.200 e. The first-order valence-corrected chi connectivity index (χ1v) is 10.5. The van der Waals surface area contributed by atoms with E-state index < -0.39 is 69.5 Å². The summed E-state index contributed by atoms with van der Waals surface area (Å²) in [7, 11) is 0. The molecule has 0 heterocycles. The maximum Gasteiger partial charge on any atom is 0.200 e. The SMILES string of the molecule is Oc1ccccc1C=Nc1c(F)c(F)c(F)c(F)c1F.Oc1ccccc1C=Nc1c(F)c(F)c(F)c(F)c1F.[Ni]. The molecule has 0 aromatic heterocycles. The minimum absolute atomic E-state index is 0. The van der Waals surface area contributed by atoms with E-state index in [-0.39, 0.29) is 39.1 Å². The number of hydrogen-bond acceptors (Lipinski definition) is 4. The van der Waals surface area contributed by atoms with Gasteiger partial charge in [-0.3, -0.25) is 0 Å². The number of phenolic OH excluding ortho intramolecular Hbond substituents is 2. The summed E-state index contributed by atoms with van der Waals surface area (Å²) in [6, 6.07) is 11.2. The monoisotopic (exact) mass is 632 g/mol. The number of nitrogens with zero attached hydrogens (tertiary/aromatic N) is 2. The van der Waals surface area contributed by atoms with Crippen LogP contribution in [0.5, 0.6) is 11.5 Å². The number of halogens is 10. The Hall–Kier alpha value is -4.39. The third kappa shape index (κ3) is 7.04. The summed E-state index contributed by atoms with van der Waals surface area (Å²) in [6.45, 7) is 0. The fourth-order valence-electron chi connectivity index (χ4n) is 2.87. The molecule has 4 nitrogen and oxygen atoms in total. The van der Waals surface area contributed by atoms with E-state index in [0.717, 1.165) is 12.4 Å². The molecule has 0 amide bonds. The van der Waals surface area contributed by atoms with Crippen molar-refractivity contribution >= 4 is 23.8 Å². The van der Waals surface area contributed by atoms with E-state index in [1.807, 2.05) is 0 Å². The Bertz CT molecular complexity index is 1470. The maximum absolute atomic E-state index is 13.3. The molecule has 0 atom stereocenters. The van der Waals surface area contributed by atoms with E-state index in [1.54, 1.807) is 0 Å². The van der Waals surface area contributed by atoms with Gasteiger partial charge in [0.1, 0.15) is 22.9 Å². The van der Waals surface area contributed by atoms with E-state index >= 15 is 0 Å². The van der Waals surface area contributed by atoms with Crippen molar-refractivity contribution in [1.82, 2.24) is 0 Å². The molecule has 0 saturated carbocycles. The van der Waals surface area contributed by atoms with Crippen LogP contribution in [0.15, 0.2) is 58.5 Å². The van der Waals surface area contributed by atoms with Crippen molar-refractivity contribution in [1.29, 1.82) is 0 Å². The second kappa shape index (κ2) is 13.8. The van der Waals surface area contributed by atoms with Crippen LogP contribution in [0.2, 0.25) is 0 Å². The van der Waals surface area contributed by atoms with Gasteiger partial charge >= 0.3 is 0 Å². The Morgan fingerprint density at radius 3 is 0.927 bits per heavy atom. The van der Waals surface area contributed by atoms with Crippen LogP contribution >= 0.6 is 0 Å². The third-order valence-electron chi connectivity index (χ3n) is 4.91. The normalized spacial score (nSPS) is 11.0. The molecule has 4 aromatic carbocycles. The van der Waals surface area contributed by atoms with Gasteiger partial charge in [-0.2, -0.15) is 0 Å². The van der Waals surface area contributed by atoms with Crippen molar-refractivity contribution in [3.63, 3.8) is 0 Å². The molecule has 0 aliphatic rings. The Kier molecular flexibility index (Phi) is 11.0. The Morgan fingerprint density at radius 1 is 0.415 bits per heavy atom. The first kappa shape index (κ1) is 32.8. The van der Waals surface area contributed by atoms with Gasteiger partial charge in [-0.15, -0.1) is 0 Å². The van der Waals surface area contributed by atoms with Crippen molar-refractivity contribution < 1.29 is 70.6 Å². The van der Waals surface area contributed by atoms with Gasteiger partial charge < -0.3 is 10.2 Å². The van der Waals surface area contributed by atoms with E-state index in [9.17, 15) is 54.1 Å². The maximum atomic E-state index is 13.3. The van der Waals surface area contributed by atoms with Crippen LogP contribution in [0.1, 0.15) is 11.1 Å². The minimum atomic E-state index is -2.25. The largest absolute Gasteiger partial charge is 0.507 e. The van der Waals surface area contributed by atoms with Gasteiger partial charge in [-0.25, -0.2) is 53.9 Å². The minimum Gasteiger partial charge on any atom is -0.507 e. The number of aliphatic imine (C=N–C) groups is 2. The van der Waals surface area contributed by atoms with Crippen LogP contribution in [0.25, 0.3) is 0 Å². The van der Waals surface area contributed by atoms with Gasteiger partial charge in [0.2, 0.25) is 11.6 Å². The average Bonchev–Trinajstić information content (AvgIpc) is 2.95. The fraction of sp³-hybridized carbons (Fsp3) is 0. The molecule has 0 saturated heterocycles. The van der Waals surface area contributed by atoms with Crippen LogP contribution in [-0.2, 0) is 16.5 Å². The molecular weight excluding hydrogens is 621 g/mol. The topological polar surface area (TPSA) is 65.2 Å². The summed E-state index contributed by atoms with van der Waals surface area (Å²) in [6.07, 6.45) is 1.60. The molecule has 0 aliphatic carbocycles. The molecule has 4 aromatic rings. The standard InChI is InChI=1S/2C13H6F5NO.Ni/c2*14-8-9(15)11(17)13(12(18)10(8)16)19-5-6-3-1-2-4-7(6)20;/h2*1-5,20H;. The van der Waals surface area contributed by atoms with Crippen LogP contribution in [-0.4, -0.2) is 22.6 Å². The molecule has 0 unspecified atom stereocenters. The molecule has 15 heteroatoms. The molecule has 0 bridgehead atoms. The van der Waals surface area contributed by atoms with Crippen molar-refractivity contribution in [3.05, 3.63) is 118 Å². The fourth-order valence-corrected chi connectivity index (χ4v) is 2.87. The quantitative estimate of drug-likeness (QED) is 0.0797. The number of benzene rings is 4. The predicted molar refractivity (Wildman–Crippen MR) is 123 cm³/mol. The van der Waals surface area contributed by atoms with Gasteiger partial charge in [0.15, 0.2) is 46.5 Å². The first-order valence-electron chi connectivity index (χ1n) is 10.5. The molecule has 0 radical (unpaired) electrons. The Morgan fingerprint density at radius 2 is 0.659 bits per heavy atom. The molecule has 2 N–H and O–H groups in total. The number of para-hydroxylation sites is 2. The van der Waals surface area contributed by atoms with Gasteiger partial charge in [-0.05, 0) is 24.3 Å². The van der Waals surface area contributed by atoms with Crippen LogP contribution < -0.4 is 0 Å². The summed E-state index contributed by atoms with van der Waals surface area (Å²) in [5.74, 6) is -21.4. The second-order valence-electron chi connectivity index (χ2n) is 7.47. The van der Waals surface area contributed by atoms with Crippen LogP contribution in [0.3, 0.4) is 0 Å². The van der Waals surface area contributed by atoms with Crippen molar-refractivity contribution in [2.24, 2.45) is 9.98 Å². The number of phenols is 2. The zero-order valence-corrected chi connectivity index (χ0v) is 20.6. The van der Waals surface area contributed by atoms with Gasteiger partial charge in [0, 0.05) is 40.0 Å². The summed E-state index contributed by atoms with van der Waals surface area (Å²) in [4.78, 5) is 6.44. The Labute approximate surface area is 233 Å². The third-order valence-corrected chi connectivity index (χ3v) is 4.91. The summed E-state index contributed by atoms with van der Waals surface area (Å²) >= 11 is 0.